The normalized spacial score (nSPS) is 22.9. The monoisotopic (exact) mass is 1300 g/mol. The number of fused-ring (bicyclic) bond motifs is 4. The lowest BCUT2D eigenvalue weighted by atomic mass is 9.94. The Morgan fingerprint density at radius 3 is 2.15 bits per heavy atom. The second-order valence-corrected chi connectivity index (χ2v) is 25.0. The molecule has 0 spiro atoms. The minimum absolute atomic E-state index is 0.0289. The number of benzene rings is 1. The van der Waals surface area contributed by atoms with Crippen LogP contribution in [0.25, 0.3) is 10.9 Å². The molecule has 0 saturated carbocycles. The van der Waals surface area contributed by atoms with Crippen LogP contribution >= 0.6 is 11.8 Å². The van der Waals surface area contributed by atoms with Gasteiger partial charge in [0.1, 0.15) is 41.0 Å². The molecule has 89 heavy (non-hydrogen) atoms. The first-order valence-electron chi connectivity index (χ1n) is 30.1. The number of aliphatic hydroxyl groups is 3. The third-order valence-electron chi connectivity index (χ3n) is 15.7. The number of hydrogen-bond donors (Lipinski definition) is 13. The number of nitrogens with two attached hydrogens (primary N) is 3. The Hall–Kier alpha value is -6.07. The van der Waals surface area contributed by atoms with E-state index in [4.69, 9.17) is 40.9 Å². The van der Waals surface area contributed by atoms with Gasteiger partial charge in [0.25, 0.3) is 0 Å². The molecule has 1 aromatic carbocycles. The van der Waals surface area contributed by atoms with E-state index in [0.29, 0.717) is 119 Å². The van der Waals surface area contributed by atoms with Gasteiger partial charge in [-0.3, -0.25) is 47.4 Å². The zero-order chi connectivity index (χ0) is 65.3. The second kappa shape index (κ2) is 37.3. The number of nitrogens with one attached hydrogen (secondary N) is 7. The van der Waals surface area contributed by atoms with Crippen molar-refractivity contribution in [2.24, 2.45) is 29.0 Å². The summed E-state index contributed by atoms with van der Waals surface area (Å²) >= 11 is 1.63. The third kappa shape index (κ3) is 22.1. The van der Waals surface area contributed by atoms with Crippen molar-refractivity contribution in [1.82, 2.24) is 46.7 Å². The Labute approximate surface area is 524 Å². The summed E-state index contributed by atoms with van der Waals surface area (Å²) in [4.78, 5) is 129. The summed E-state index contributed by atoms with van der Waals surface area (Å²) < 4.78 is 43.1. The van der Waals surface area contributed by atoms with Gasteiger partial charge < -0.3 is 103 Å². The highest BCUT2D eigenvalue weighted by atomic mass is 32.2. The Morgan fingerprint density at radius 2 is 1.54 bits per heavy atom. The molecule has 9 amide bonds. The maximum absolute atomic E-state index is 15.3. The fourth-order valence-electron chi connectivity index (χ4n) is 10.5. The van der Waals surface area contributed by atoms with Gasteiger partial charge in [-0.05, 0) is 49.8 Å². The van der Waals surface area contributed by atoms with E-state index in [-0.39, 0.29) is 42.1 Å². The van der Waals surface area contributed by atoms with Crippen LogP contribution in [-0.2, 0) is 85.1 Å². The SMILES string of the molecule is CCC(C)[C@H](NC(=O)CN)C(=O)NCC(=O)NC1CS(=O)c2[nH]c3c(CSC4CCN(C(=O)CCOCCOCCOCCOCCN)CC4)c(OC)ccc3c2C[C@@H](C)NC(=O)[C@H]([C@@H](C)[C@@H](O)CO)NC(=O)[C@@H]2C[C@@H](O)CN2C(=O)[C@H](CC(N)=O)NC1=O. The third-order valence-corrected chi connectivity index (χ3v) is 18.6. The van der Waals surface area contributed by atoms with Gasteiger partial charge in [0.15, 0.2) is 0 Å². The summed E-state index contributed by atoms with van der Waals surface area (Å²) in [6, 6.07) is -5.17. The Balaban J connectivity index is 1.44. The van der Waals surface area contributed by atoms with E-state index in [9.17, 15) is 58.5 Å². The molecule has 3 aliphatic rings. The predicted octanol–water partition coefficient (Wildman–Crippen LogP) is -4.13. The number of nitrogens with zero attached hydrogens (tertiary/aromatic N) is 2. The van der Waals surface area contributed by atoms with Gasteiger partial charge in [-0.2, -0.15) is 11.8 Å². The van der Waals surface area contributed by atoms with E-state index in [1.165, 1.54) is 14.0 Å². The molecule has 4 heterocycles. The second-order valence-electron chi connectivity index (χ2n) is 22.3. The van der Waals surface area contributed by atoms with E-state index in [2.05, 4.69) is 36.9 Å². The lowest BCUT2D eigenvalue weighted by Crippen LogP contribution is -2.61. The number of thioether (sulfide) groups is 1. The van der Waals surface area contributed by atoms with Gasteiger partial charge in [-0.25, -0.2) is 0 Å². The number of amides is 9. The van der Waals surface area contributed by atoms with Crippen molar-refractivity contribution in [1.29, 1.82) is 0 Å². The van der Waals surface area contributed by atoms with Crippen LogP contribution < -0.4 is 53.8 Å². The number of piperidine rings is 1. The van der Waals surface area contributed by atoms with Crippen molar-refractivity contribution in [3.63, 3.8) is 0 Å². The van der Waals surface area contributed by atoms with Gasteiger partial charge in [0.05, 0.1) is 127 Å². The van der Waals surface area contributed by atoms with Crippen LogP contribution in [0.5, 0.6) is 5.75 Å². The van der Waals surface area contributed by atoms with Gasteiger partial charge in [0.2, 0.25) is 53.2 Å². The van der Waals surface area contributed by atoms with E-state index < -0.39 is 157 Å². The number of carbonyl (C=O) groups excluding carboxylic acids is 9. The first-order valence-corrected chi connectivity index (χ1v) is 32.4. The average molecular weight is 1300 g/mol. The Bertz CT molecular complexity index is 2740. The van der Waals surface area contributed by atoms with Crippen LogP contribution in [0.4, 0.5) is 0 Å². The number of rotatable bonds is 31. The maximum Gasteiger partial charge on any atom is 0.246 e. The summed E-state index contributed by atoms with van der Waals surface area (Å²) in [6.07, 6.45) is -2.09. The number of methoxy groups -OCH3 is 1. The van der Waals surface area contributed by atoms with Crippen LogP contribution in [-0.4, -0.2) is 253 Å². The van der Waals surface area contributed by atoms with Crippen LogP contribution in [0, 0.1) is 11.8 Å². The minimum atomic E-state index is -2.31. The number of H-pyrrole nitrogens is 1. The zero-order valence-electron chi connectivity index (χ0n) is 51.4. The molecule has 3 aliphatic heterocycles. The number of aromatic amines is 1. The van der Waals surface area contributed by atoms with E-state index in [1.54, 1.807) is 44.7 Å². The highest BCUT2D eigenvalue weighted by Crippen LogP contribution is 2.38. The molecule has 32 heteroatoms. The molecule has 2 saturated heterocycles. The van der Waals surface area contributed by atoms with Crippen molar-refractivity contribution in [2.75, 3.05) is 112 Å². The lowest BCUT2D eigenvalue weighted by Gasteiger charge is -2.32. The molecule has 1 aromatic heterocycles. The number of aliphatic hydroxyl groups excluding tert-OH is 3. The van der Waals surface area contributed by atoms with Crippen molar-refractivity contribution in [3.05, 3.63) is 23.3 Å². The molecule has 0 bridgehead atoms. The first kappa shape index (κ1) is 73.7. The summed E-state index contributed by atoms with van der Waals surface area (Å²) in [6.45, 7) is 8.69. The molecule has 0 aliphatic carbocycles. The van der Waals surface area contributed by atoms with Gasteiger partial charge in [0, 0.05) is 66.5 Å². The molecular weight excluding hydrogens is 1200 g/mol. The van der Waals surface area contributed by atoms with E-state index >= 15 is 4.21 Å². The van der Waals surface area contributed by atoms with Crippen molar-refractivity contribution >= 4 is 86.6 Å². The van der Waals surface area contributed by atoms with Crippen LogP contribution in [0.3, 0.4) is 0 Å². The quantitative estimate of drug-likeness (QED) is 0.0319. The van der Waals surface area contributed by atoms with Crippen LogP contribution in [0.1, 0.15) is 77.3 Å². The highest BCUT2D eigenvalue weighted by Gasteiger charge is 2.45. The predicted molar refractivity (Wildman–Crippen MR) is 327 cm³/mol. The lowest BCUT2D eigenvalue weighted by molar-refractivity contribution is -0.144. The van der Waals surface area contributed by atoms with E-state index in [0.717, 1.165) is 4.90 Å². The molecule has 0 radical (unpaired) electrons. The molecular formula is C57H92N12O18S2. The van der Waals surface area contributed by atoms with E-state index in [1.807, 2.05) is 4.90 Å². The van der Waals surface area contributed by atoms with Crippen LogP contribution in [0.15, 0.2) is 17.2 Å². The van der Waals surface area contributed by atoms with Crippen molar-refractivity contribution < 1.29 is 86.4 Å². The van der Waals surface area contributed by atoms with Gasteiger partial charge in [-0.1, -0.05) is 27.2 Å². The molecule has 16 N–H and O–H groups in total. The molecule has 2 fully saturated rings. The molecule has 5 rings (SSSR count). The fraction of sp³-hybridized carbons (Fsp3) is 0.702. The summed E-state index contributed by atoms with van der Waals surface area (Å²) in [5.41, 5.74) is 18.0. The number of likely N-dealkylation sites (tertiary alicyclic amines) is 1. The van der Waals surface area contributed by atoms with Crippen molar-refractivity contribution in [3.8, 4) is 5.75 Å². The van der Waals surface area contributed by atoms with Gasteiger partial charge >= 0.3 is 0 Å². The summed E-state index contributed by atoms with van der Waals surface area (Å²) in [7, 11) is -0.811. The summed E-state index contributed by atoms with van der Waals surface area (Å²) in [5, 5.41) is 47.8. The molecule has 3 unspecified atom stereocenters. The molecule has 500 valence electrons. The standard InChI is InChI=1S/C57H92N12O18S2/c1-6-32(2)49(65-46(74)26-59)54(79)61-27-47(75)63-41-31-89(82)56-38(23-33(3)62-55(80)50(34(4)43(72)29-70)66-53(78)42-24-35(71)28-69(42)57(81)40(25-45(60)73)64-52(41)77)37-7-8-44(83-5)39(51(37)67-56)30-88-36-9-13-68(14-10-36)48(76)11-15-84-17-19-86-21-22-87-20-18-85-16-12-58/h7-8,32-36,40-43,49-50,67,70-72H,6,9-31,58-59H2,1-5H3,(H2,60,73)(H,61,79)(H,62,80)(H,63,75)(H,64,77)(H,65,74)(H,66,78)/t32?,33-,34+,35-,40+,41?,42+,43+,49+,50+,89?/m1/s1. The van der Waals surface area contributed by atoms with Crippen molar-refractivity contribution in [2.45, 2.75) is 137 Å². The minimum Gasteiger partial charge on any atom is -0.496 e. The average Bonchev–Trinajstić information content (AvgIpc) is 1.75. The topological polar surface area (TPSA) is 450 Å². The molecule has 11 atom stereocenters. The molecule has 2 aromatic rings. The fourth-order valence-corrected chi connectivity index (χ4v) is 13.1. The summed E-state index contributed by atoms with van der Waals surface area (Å²) in [5.74, 6) is -8.86. The smallest absolute Gasteiger partial charge is 0.246 e. The number of hydrogen-bond acceptors (Lipinski definition) is 21. The highest BCUT2D eigenvalue weighted by molar-refractivity contribution is 7.99. The van der Waals surface area contributed by atoms with Crippen LogP contribution in [0.2, 0.25) is 0 Å². The maximum atomic E-state index is 15.3. The van der Waals surface area contributed by atoms with Gasteiger partial charge in [-0.15, -0.1) is 0 Å². The number of aromatic nitrogens is 1. The number of ether oxygens (including phenoxy) is 5. The zero-order valence-corrected chi connectivity index (χ0v) is 53.0. The molecule has 30 nitrogen and oxygen atoms in total. The first-order chi connectivity index (χ1) is 42.5. The number of primary amides is 1. The Morgan fingerprint density at radius 1 is 0.888 bits per heavy atom. The largest absolute Gasteiger partial charge is 0.496 e. The number of carbonyl (C=O) groups is 9. The Kier molecular flexibility index (Phi) is 30.9.